The van der Waals surface area contributed by atoms with Crippen molar-refractivity contribution in [1.82, 2.24) is 14.9 Å². The zero-order valence-corrected chi connectivity index (χ0v) is 11.0. The Kier molecular flexibility index (Phi) is 4.31. The number of amidine groups is 1. The minimum absolute atomic E-state index is 0.0868. The van der Waals surface area contributed by atoms with E-state index in [-0.39, 0.29) is 11.4 Å². The number of nitrogens with one attached hydrogen (secondary N) is 1. The molecular formula is C13H16FN5O. The minimum atomic E-state index is -0.491. The number of hydrogen-bond donors (Lipinski definition) is 3. The van der Waals surface area contributed by atoms with Crippen LogP contribution in [0.1, 0.15) is 17.0 Å². The van der Waals surface area contributed by atoms with Crippen molar-refractivity contribution >= 4 is 5.84 Å². The van der Waals surface area contributed by atoms with E-state index in [1.807, 2.05) is 17.8 Å². The van der Waals surface area contributed by atoms with Gasteiger partial charge in [-0.3, -0.25) is 0 Å². The van der Waals surface area contributed by atoms with E-state index in [1.165, 1.54) is 6.07 Å². The Hall–Kier alpha value is -2.41. The van der Waals surface area contributed by atoms with E-state index in [9.17, 15) is 4.39 Å². The van der Waals surface area contributed by atoms with Crippen molar-refractivity contribution in [1.29, 1.82) is 0 Å². The molecule has 20 heavy (non-hydrogen) atoms. The number of imidazole rings is 1. The molecule has 1 aromatic heterocycles. The molecule has 0 bridgehead atoms. The monoisotopic (exact) mass is 277 g/mol. The van der Waals surface area contributed by atoms with Gasteiger partial charge in [0.2, 0.25) is 0 Å². The minimum Gasteiger partial charge on any atom is -0.409 e. The van der Waals surface area contributed by atoms with Crippen LogP contribution in [0.15, 0.2) is 35.7 Å². The van der Waals surface area contributed by atoms with Gasteiger partial charge in [0.25, 0.3) is 0 Å². The van der Waals surface area contributed by atoms with Gasteiger partial charge < -0.3 is 20.8 Å². The first-order chi connectivity index (χ1) is 9.63. The lowest BCUT2D eigenvalue weighted by molar-refractivity contribution is 0.318. The summed E-state index contributed by atoms with van der Waals surface area (Å²) in [4.78, 5) is 4.16. The lowest BCUT2D eigenvalue weighted by atomic mass is 10.1. The van der Waals surface area contributed by atoms with Crippen LogP contribution in [0, 0.1) is 5.82 Å². The van der Waals surface area contributed by atoms with Gasteiger partial charge in [0.05, 0.1) is 12.1 Å². The number of rotatable bonds is 5. The zero-order chi connectivity index (χ0) is 14.5. The van der Waals surface area contributed by atoms with Crippen LogP contribution in [-0.2, 0) is 20.1 Å². The first-order valence-electron chi connectivity index (χ1n) is 6.05. The SMILES string of the molecule is Cn1ccnc1CNCc1cccc(/C(N)=N/O)c1F. The van der Waals surface area contributed by atoms with Gasteiger partial charge in [-0.1, -0.05) is 17.3 Å². The van der Waals surface area contributed by atoms with E-state index in [2.05, 4.69) is 15.5 Å². The fourth-order valence-electron chi connectivity index (χ4n) is 1.84. The van der Waals surface area contributed by atoms with Gasteiger partial charge in [-0.15, -0.1) is 0 Å². The molecule has 7 heteroatoms. The molecule has 0 amide bonds. The Morgan fingerprint density at radius 2 is 2.30 bits per heavy atom. The quantitative estimate of drug-likeness (QED) is 0.328. The van der Waals surface area contributed by atoms with Crippen LogP contribution in [0.5, 0.6) is 0 Å². The number of nitrogens with two attached hydrogens (primary N) is 1. The average molecular weight is 277 g/mol. The third-order valence-corrected chi connectivity index (χ3v) is 2.98. The predicted octanol–water partition coefficient (Wildman–Crippen LogP) is 0.944. The lowest BCUT2D eigenvalue weighted by Crippen LogP contribution is -2.19. The van der Waals surface area contributed by atoms with Crippen LogP contribution >= 0.6 is 0 Å². The molecule has 0 unspecified atom stereocenters. The molecule has 0 saturated carbocycles. The smallest absolute Gasteiger partial charge is 0.173 e. The molecule has 0 aliphatic carbocycles. The molecule has 106 valence electrons. The van der Waals surface area contributed by atoms with Crippen LogP contribution in [-0.4, -0.2) is 20.6 Å². The summed E-state index contributed by atoms with van der Waals surface area (Å²) in [5.41, 5.74) is 5.95. The second-order valence-electron chi connectivity index (χ2n) is 4.32. The molecule has 4 N–H and O–H groups in total. The van der Waals surface area contributed by atoms with Gasteiger partial charge in [-0.05, 0) is 6.07 Å². The summed E-state index contributed by atoms with van der Waals surface area (Å²) in [5, 5.41) is 14.5. The third kappa shape index (κ3) is 2.94. The fourth-order valence-corrected chi connectivity index (χ4v) is 1.84. The second-order valence-corrected chi connectivity index (χ2v) is 4.32. The molecule has 2 rings (SSSR count). The van der Waals surface area contributed by atoms with Crippen LogP contribution < -0.4 is 11.1 Å². The van der Waals surface area contributed by atoms with Crippen molar-refractivity contribution in [2.24, 2.45) is 17.9 Å². The molecule has 0 saturated heterocycles. The maximum atomic E-state index is 14.1. The lowest BCUT2D eigenvalue weighted by Gasteiger charge is -2.09. The molecule has 0 aliphatic rings. The Morgan fingerprint density at radius 3 is 2.95 bits per heavy atom. The summed E-state index contributed by atoms with van der Waals surface area (Å²) in [6.45, 7) is 0.849. The summed E-state index contributed by atoms with van der Waals surface area (Å²) in [5.74, 6) is 0.126. The van der Waals surface area contributed by atoms with Crippen molar-refractivity contribution < 1.29 is 9.60 Å². The van der Waals surface area contributed by atoms with Crippen LogP contribution in [0.2, 0.25) is 0 Å². The number of nitrogens with zero attached hydrogens (tertiary/aromatic N) is 3. The maximum absolute atomic E-state index is 14.1. The first kappa shape index (κ1) is 14.0. The fraction of sp³-hybridized carbons (Fsp3) is 0.231. The third-order valence-electron chi connectivity index (χ3n) is 2.98. The van der Waals surface area contributed by atoms with Crippen molar-refractivity contribution in [3.8, 4) is 0 Å². The second kappa shape index (κ2) is 6.16. The summed E-state index contributed by atoms with van der Waals surface area (Å²) in [6, 6.07) is 4.77. The average Bonchev–Trinajstić information content (AvgIpc) is 2.85. The van der Waals surface area contributed by atoms with Gasteiger partial charge in [-0.25, -0.2) is 9.37 Å². The van der Waals surface area contributed by atoms with E-state index in [0.29, 0.717) is 18.7 Å². The number of hydrogen-bond acceptors (Lipinski definition) is 4. The standard InChI is InChI=1S/C13H16FN5O/c1-19-6-5-17-11(19)8-16-7-9-3-2-4-10(12(9)14)13(15)18-20/h2-6,16,20H,7-8H2,1H3,(H2,15,18). The molecular weight excluding hydrogens is 261 g/mol. The van der Waals surface area contributed by atoms with E-state index < -0.39 is 5.82 Å². The molecule has 1 aromatic carbocycles. The number of benzene rings is 1. The molecule has 0 aliphatic heterocycles. The highest BCUT2D eigenvalue weighted by Crippen LogP contribution is 2.13. The molecule has 0 atom stereocenters. The molecule has 2 aromatic rings. The van der Waals surface area contributed by atoms with Crippen molar-refractivity contribution in [3.63, 3.8) is 0 Å². The van der Waals surface area contributed by atoms with Crippen molar-refractivity contribution in [2.45, 2.75) is 13.1 Å². The maximum Gasteiger partial charge on any atom is 0.173 e. The zero-order valence-electron chi connectivity index (χ0n) is 11.0. The summed E-state index contributed by atoms with van der Waals surface area (Å²) in [6.07, 6.45) is 3.55. The number of oxime groups is 1. The molecule has 0 spiro atoms. The molecule has 0 fully saturated rings. The Bertz CT molecular complexity index is 623. The normalized spacial score (nSPS) is 11.8. The van der Waals surface area contributed by atoms with Gasteiger partial charge in [0.1, 0.15) is 11.6 Å². The predicted molar refractivity (Wildman–Crippen MR) is 72.7 cm³/mol. The summed E-state index contributed by atoms with van der Waals surface area (Å²) >= 11 is 0. The van der Waals surface area contributed by atoms with E-state index in [1.54, 1.807) is 18.3 Å². The highest BCUT2D eigenvalue weighted by molar-refractivity contribution is 5.97. The van der Waals surface area contributed by atoms with Crippen LogP contribution in [0.25, 0.3) is 0 Å². The van der Waals surface area contributed by atoms with Crippen LogP contribution in [0.4, 0.5) is 4.39 Å². The van der Waals surface area contributed by atoms with Gasteiger partial charge in [-0.2, -0.15) is 0 Å². The van der Waals surface area contributed by atoms with E-state index >= 15 is 0 Å². The van der Waals surface area contributed by atoms with Crippen molar-refractivity contribution in [2.75, 3.05) is 0 Å². The topological polar surface area (TPSA) is 88.5 Å². The van der Waals surface area contributed by atoms with Gasteiger partial charge in [0, 0.05) is 31.5 Å². The van der Waals surface area contributed by atoms with E-state index in [0.717, 1.165) is 5.82 Å². The number of aryl methyl sites for hydroxylation is 1. The van der Waals surface area contributed by atoms with Gasteiger partial charge >= 0.3 is 0 Å². The Balaban J connectivity index is 2.05. The molecule has 1 heterocycles. The Morgan fingerprint density at radius 1 is 1.50 bits per heavy atom. The first-order valence-corrected chi connectivity index (χ1v) is 6.05. The highest BCUT2D eigenvalue weighted by Gasteiger charge is 2.11. The number of aromatic nitrogens is 2. The Labute approximate surface area is 115 Å². The summed E-state index contributed by atoms with van der Waals surface area (Å²) in [7, 11) is 1.89. The van der Waals surface area contributed by atoms with Crippen LogP contribution in [0.3, 0.4) is 0 Å². The van der Waals surface area contributed by atoms with Gasteiger partial charge in [0.15, 0.2) is 5.84 Å². The summed E-state index contributed by atoms with van der Waals surface area (Å²) < 4.78 is 16.0. The van der Waals surface area contributed by atoms with Crippen molar-refractivity contribution in [3.05, 3.63) is 53.4 Å². The largest absolute Gasteiger partial charge is 0.409 e. The highest BCUT2D eigenvalue weighted by atomic mass is 19.1. The molecule has 6 nitrogen and oxygen atoms in total. The number of halogens is 1. The molecule has 0 radical (unpaired) electrons. The van der Waals surface area contributed by atoms with E-state index in [4.69, 9.17) is 10.9 Å².